The van der Waals surface area contributed by atoms with Crippen LogP contribution in [0, 0.1) is 5.82 Å². The van der Waals surface area contributed by atoms with Crippen LogP contribution in [-0.2, 0) is 0 Å². The van der Waals surface area contributed by atoms with Crippen LogP contribution in [0.3, 0.4) is 0 Å². The van der Waals surface area contributed by atoms with Crippen molar-refractivity contribution in [2.24, 2.45) is 0 Å². The molecule has 1 unspecified atom stereocenters. The Morgan fingerprint density at radius 2 is 1.90 bits per heavy atom. The van der Waals surface area contributed by atoms with E-state index in [0.717, 1.165) is 10.0 Å². The maximum absolute atomic E-state index is 13.6. The molecule has 0 saturated heterocycles. The number of carbonyl (C=O) groups excluding carboxylic acids is 1. The monoisotopic (exact) mass is 353 g/mol. The molecule has 0 spiro atoms. The van der Waals surface area contributed by atoms with Gasteiger partial charge in [0.25, 0.3) is 5.91 Å². The van der Waals surface area contributed by atoms with Gasteiger partial charge in [0.15, 0.2) is 0 Å². The molecule has 0 aliphatic rings. The van der Waals surface area contributed by atoms with E-state index in [2.05, 4.69) is 33.9 Å². The minimum atomic E-state index is -0.552. The van der Waals surface area contributed by atoms with Crippen LogP contribution in [0.5, 0.6) is 0 Å². The quantitative estimate of drug-likeness (QED) is 0.788. The van der Waals surface area contributed by atoms with Crippen LogP contribution in [0.2, 0.25) is 0 Å². The average Bonchev–Trinajstić information content (AvgIpc) is 2.42. The summed E-state index contributed by atoms with van der Waals surface area (Å²) in [6.45, 7) is 1.85. The zero-order valence-corrected chi connectivity index (χ0v) is 13.2. The van der Waals surface area contributed by atoms with E-state index in [1.807, 2.05) is 31.2 Å². The summed E-state index contributed by atoms with van der Waals surface area (Å²) < 4.78 is 14.6. The number of rotatable bonds is 3. The van der Waals surface area contributed by atoms with Crippen molar-refractivity contribution in [1.29, 1.82) is 0 Å². The third kappa shape index (κ3) is 3.61. The van der Waals surface area contributed by atoms with E-state index in [-0.39, 0.29) is 11.6 Å². The number of halogens is 2. The Kier molecular flexibility index (Phi) is 4.83. The highest BCUT2D eigenvalue weighted by atomic mass is 79.9. The van der Waals surface area contributed by atoms with Crippen molar-refractivity contribution in [3.63, 3.8) is 0 Å². The van der Waals surface area contributed by atoms with E-state index in [1.54, 1.807) is 0 Å². The molecule has 0 aliphatic heterocycles. The normalized spacial score (nSPS) is 12.0. The molecule has 0 radical (unpaired) electrons. The van der Waals surface area contributed by atoms with Crippen LogP contribution >= 0.6 is 28.6 Å². The standard InChI is InChI=1S/C15H13BrFNOS/c1-9(10-2-4-11(16)5-3-10)18-15(19)13-8-12(20)6-7-14(13)17/h2-9,20H,1H3,(H,18,19). The van der Waals surface area contributed by atoms with Gasteiger partial charge in [-0.3, -0.25) is 4.79 Å². The van der Waals surface area contributed by atoms with Gasteiger partial charge in [0.2, 0.25) is 0 Å². The number of hydrogen-bond donors (Lipinski definition) is 2. The van der Waals surface area contributed by atoms with Crippen molar-refractivity contribution in [2.75, 3.05) is 0 Å². The first-order valence-electron chi connectivity index (χ1n) is 6.02. The van der Waals surface area contributed by atoms with E-state index < -0.39 is 11.7 Å². The van der Waals surface area contributed by atoms with Gasteiger partial charge in [-0.1, -0.05) is 28.1 Å². The lowest BCUT2D eigenvalue weighted by Gasteiger charge is -2.15. The van der Waals surface area contributed by atoms with E-state index in [0.29, 0.717) is 4.90 Å². The Morgan fingerprint density at radius 1 is 1.25 bits per heavy atom. The lowest BCUT2D eigenvalue weighted by molar-refractivity contribution is 0.0935. The van der Waals surface area contributed by atoms with Crippen molar-refractivity contribution in [2.45, 2.75) is 17.9 Å². The van der Waals surface area contributed by atoms with Gasteiger partial charge in [-0.25, -0.2) is 4.39 Å². The Balaban J connectivity index is 2.15. The third-order valence-electron chi connectivity index (χ3n) is 2.91. The molecule has 2 rings (SSSR count). The molecule has 20 heavy (non-hydrogen) atoms. The molecule has 0 heterocycles. The van der Waals surface area contributed by atoms with Gasteiger partial charge < -0.3 is 5.32 Å². The summed E-state index contributed by atoms with van der Waals surface area (Å²) in [5.74, 6) is -1.00. The molecule has 2 aromatic rings. The number of carbonyl (C=O) groups is 1. The van der Waals surface area contributed by atoms with Crippen molar-refractivity contribution in [3.05, 3.63) is 63.9 Å². The fourth-order valence-electron chi connectivity index (χ4n) is 1.80. The van der Waals surface area contributed by atoms with Gasteiger partial charge in [-0.2, -0.15) is 0 Å². The number of hydrogen-bond acceptors (Lipinski definition) is 2. The highest BCUT2D eigenvalue weighted by Crippen LogP contribution is 2.18. The number of amides is 1. The van der Waals surface area contributed by atoms with Gasteiger partial charge in [0, 0.05) is 9.37 Å². The first kappa shape index (κ1) is 15.1. The van der Waals surface area contributed by atoms with Crippen LogP contribution in [0.25, 0.3) is 0 Å². The molecule has 0 saturated carbocycles. The summed E-state index contributed by atoms with van der Waals surface area (Å²) in [7, 11) is 0. The highest BCUT2D eigenvalue weighted by molar-refractivity contribution is 9.10. The summed E-state index contributed by atoms with van der Waals surface area (Å²) in [4.78, 5) is 12.6. The lowest BCUT2D eigenvalue weighted by atomic mass is 10.1. The fraction of sp³-hybridized carbons (Fsp3) is 0.133. The van der Waals surface area contributed by atoms with Crippen molar-refractivity contribution >= 4 is 34.5 Å². The Bertz CT molecular complexity index is 630. The Hall–Kier alpha value is -1.33. The van der Waals surface area contributed by atoms with Crippen molar-refractivity contribution in [3.8, 4) is 0 Å². The molecule has 104 valence electrons. The second kappa shape index (κ2) is 6.41. The van der Waals surface area contributed by atoms with E-state index >= 15 is 0 Å². The molecule has 0 fully saturated rings. The van der Waals surface area contributed by atoms with Crippen LogP contribution < -0.4 is 5.32 Å². The molecule has 2 nitrogen and oxygen atoms in total. The van der Waals surface area contributed by atoms with Gasteiger partial charge in [0.1, 0.15) is 5.82 Å². The maximum atomic E-state index is 13.6. The third-order valence-corrected chi connectivity index (χ3v) is 3.72. The summed E-state index contributed by atoms with van der Waals surface area (Å²) in [6.07, 6.45) is 0. The van der Waals surface area contributed by atoms with Crippen molar-refractivity contribution in [1.82, 2.24) is 5.32 Å². The number of thiol groups is 1. The predicted octanol–water partition coefficient (Wildman–Crippen LogP) is 4.37. The minimum Gasteiger partial charge on any atom is -0.345 e. The van der Waals surface area contributed by atoms with Crippen LogP contribution in [-0.4, -0.2) is 5.91 Å². The smallest absolute Gasteiger partial charge is 0.254 e. The molecule has 0 bridgehead atoms. The van der Waals surface area contributed by atoms with Crippen molar-refractivity contribution < 1.29 is 9.18 Å². The van der Waals surface area contributed by atoms with E-state index in [1.165, 1.54) is 18.2 Å². The topological polar surface area (TPSA) is 29.1 Å². The molecule has 0 aromatic heterocycles. The van der Waals surface area contributed by atoms with Gasteiger partial charge in [-0.15, -0.1) is 12.6 Å². The second-order valence-corrected chi connectivity index (χ2v) is 5.84. The zero-order valence-electron chi connectivity index (χ0n) is 10.7. The van der Waals surface area contributed by atoms with E-state index in [9.17, 15) is 9.18 Å². The molecule has 5 heteroatoms. The van der Waals surface area contributed by atoms with Gasteiger partial charge in [0.05, 0.1) is 11.6 Å². The number of benzene rings is 2. The van der Waals surface area contributed by atoms with E-state index in [4.69, 9.17) is 0 Å². The van der Waals surface area contributed by atoms with Crippen LogP contribution in [0.15, 0.2) is 51.8 Å². The molecule has 1 amide bonds. The summed E-state index contributed by atoms with van der Waals surface area (Å²) in [5.41, 5.74) is 0.949. The largest absolute Gasteiger partial charge is 0.345 e. The van der Waals surface area contributed by atoms with Gasteiger partial charge >= 0.3 is 0 Å². The Labute approximate surface area is 130 Å². The zero-order chi connectivity index (χ0) is 14.7. The first-order valence-corrected chi connectivity index (χ1v) is 7.26. The first-order chi connectivity index (χ1) is 9.47. The SMILES string of the molecule is CC(NC(=O)c1cc(S)ccc1F)c1ccc(Br)cc1. The molecule has 0 aliphatic carbocycles. The van der Waals surface area contributed by atoms with Gasteiger partial charge in [-0.05, 0) is 42.8 Å². The second-order valence-electron chi connectivity index (χ2n) is 4.41. The Morgan fingerprint density at radius 3 is 2.55 bits per heavy atom. The average molecular weight is 354 g/mol. The minimum absolute atomic E-state index is 0.00135. The maximum Gasteiger partial charge on any atom is 0.254 e. The summed E-state index contributed by atoms with van der Waals surface area (Å²) >= 11 is 7.47. The lowest BCUT2D eigenvalue weighted by Crippen LogP contribution is -2.27. The molecule has 1 atom stereocenters. The molecule has 2 aromatic carbocycles. The van der Waals surface area contributed by atoms with Crippen LogP contribution in [0.1, 0.15) is 28.9 Å². The molecular formula is C15H13BrFNOS. The fourth-order valence-corrected chi connectivity index (χ4v) is 2.26. The summed E-state index contributed by atoms with van der Waals surface area (Å²) in [5, 5.41) is 2.77. The molecule has 1 N–H and O–H groups in total. The highest BCUT2D eigenvalue weighted by Gasteiger charge is 2.15. The van der Waals surface area contributed by atoms with Crippen LogP contribution in [0.4, 0.5) is 4.39 Å². The predicted molar refractivity (Wildman–Crippen MR) is 83.7 cm³/mol. The molecular weight excluding hydrogens is 341 g/mol. The summed E-state index contributed by atoms with van der Waals surface area (Å²) in [6, 6.07) is 11.6. The number of nitrogens with one attached hydrogen (secondary N) is 1.